The van der Waals surface area contributed by atoms with Crippen LogP contribution < -0.4 is 5.56 Å². The smallest absolute Gasteiger partial charge is 0.273 e. The number of aromatic nitrogens is 4. The number of nitrogens with zero attached hydrogens (tertiary/aromatic N) is 3. The van der Waals surface area contributed by atoms with E-state index < -0.39 is 5.82 Å². The molecule has 0 fully saturated rings. The van der Waals surface area contributed by atoms with Gasteiger partial charge in [0.25, 0.3) is 5.56 Å². The van der Waals surface area contributed by atoms with Gasteiger partial charge in [0.2, 0.25) is 0 Å². The van der Waals surface area contributed by atoms with Crippen molar-refractivity contribution in [2.24, 2.45) is 0 Å². The maximum atomic E-state index is 13.1. The predicted molar refractivity (Wildman–Crippen MR) is 63.7 cm³/mol. The van der Waals surface area contributed by atoms with E-state index >= 15 is 0 Å². The van der Waals surface area contributed by atoms with Crippen molar-refractivity contribution in [2.45, 2.75) is 6.92 Å². The molecule has 0 aliphatic heterocycles. The van der Waals surface area contributed by atoms with Crippen LogP contribution in [-0.2, 0) is 0 Å². The van der Waals surface area contributed by atoms with Gasteiger partial charge in [0, 0.05) is 29.6 Å². The van der Waals surface area contributed by atoms with Crippen LogP contribution >= 0.6 is 0 Å². The highest BCUT2D eigenvalue weighted by Crippen LogP contribution is 2.16. The normalized spacial score (nSPS) is 11.0. The van der Waals surface area contributed by atoms with Gasteiger partial charge < -0.3 is 0 Å². The standard InChI is InChI=1S/C12H9FN4O/c1-7-4-15-17-11(18)3-10(16-12(7)17)8-2-9(13)6-14-5-8/h2-6,15H,1H3. The number of nitrogens with one attached hydrogen (secondary N) is 1. The van der Waals surface area contributed by atoms with Gasteiger partial charge in [0.15, 0.2) is 5.65 Å². The number of H-pyrrole nitrogens is 1. The Kier molecular flexibility index (Phi) is 2.22. The minimum atomic E-state index is -0.458. The summed E-state index contributed by atoms with van der Waals surface area (Å²) in [6.45, 7) is 1.84. The summed E-state index contributed by atoms with van der Waals surface area (Å²) in [7, 11) is 0. The zero-order chi connectivity index (χ0) is 12.7. The highest BCUT2D eigenvalue weighted by atomic mass is 19.1. The summed E-state index contributed by atoms with van der Waals surface area (Å²) >= 11 is 0. The van der Waals surface area contributed by atoms with E-state index in [1.807, 2.05) is 6.92 Å². The Morgan fingerprint density at radius 3 is 2.94 bits per heavy atom. The van der Waals surface area contributed by atoms with Gasteiger partial charge in [-0.05, 0) is 13.0 Å². The topological polar surface area (TPSA) is 63.0 Å². The zero-order valence-electron chi connectivity index (χ0n) is 9.51. The van der Waals surface area contributed by atoms with Crippen LogP contribution in [-0.4, -0.2) is 19.6 Å². The van der Waals surface area contributed by atoms with Crippen molar-refractivity contribution in [1.82, 2.24) is 19.6 Å². The lowest BCUT2D eigenvalue weighted by molar-refractivity contribution is 0.622. The van der Waals surface area contributed by atoms with Gasteiger partial charge in [-0.2, -0.15) is 0 Å². The van der Waals surface area contributed by atoms with Crippen LogP contribution in [0.25, 0.3) is 16.9 Å². The maximum Gasteiger partial charge on any atom is 0.273 e. The van der Waals surface area contributed by atoms with E-state index in [-0.39, 0.29) is 5.56 Å². The van der Waals surface area contributed by atoms with Crippen LogP contribution in [0.15, 0.2) is 35.5 Å². The van der Waals surface area contributed by atoms with Crippen LogP contribution in [0, 0.1) is 12.7 Å². The molecule has 0 spiro atoms. The lowest BCUT2D eigenvalue weighted by atomic mass is 10.2. The van der Waals surface area contributed by atoms with Crippen LogP contribution in [0.2, 0.25) is 0 Å². The molecule has 0 amide bonds. The van der Waals surface area contributed by atoms with Gasteiger partial charge in [0.1, 0.15) is 5.82 Å². The number of fused-ring (bicyclic) bond motifs is 1. The van der Waals surface area contributed by atoms with Crippen molar-refractivity contribution in [3.63, 3.8) is 0 Å². The van der Waals surface area contributed by atoms with Gasteiger partial charge in [-0.25, -0.2) is 13.9 Å². The van der Waals surface area contributed by atoms with Gasteiger partial charge in [0.05, 0.1) is 11.9 Å². The summed E-state index contributed by atoms with van der Waals surface area (Å²) in [6.07, 6.45) is 4.27. The molecule has 6 heteroatoms. The van der Waals surface area contributed by atoms with Gasteiger partial charge in [-0.1, -0.05) is 0 Å². The molecule has 0 saturated heterocycles. The molecule has 3 aromatic rings. The van der Waals surface area contributed by atoms with Crippen molar-refractivity contribution < 1.29 is 4.39 Å². The lowest BCUT2D eigenvalue weighted by Crippen LogP contribution is -2.14. The molecule has 3 heterocycles. The average Bonchev–Trinajstić information content (AvgIpc) is 2.72. The quantitative estimate of drug-likeness (QED) is 0.706. The molecule has 0 aliphatic rings. The maximum absolute atomic E-state index is 13.1. The number of hydrogen-bond acceptors (Lipinski definition) is 3. The summed E-state index contributed by atoms with van der Waals surface area (Å²) < 4.78 is 14.4. The Hall–Kier alpha value is -2.50. The number of hydrogen-bond donors (Lipinski definition) is 1. The minimum absolute atomic E-state index is 0.243. The zero-order valence-corrected chi connectivity index (χ0v) is 9.51. The van der Waals surface area contributed by atoms with Gasteiger partial charge >= 0.3 is 0 Å². The van der Waals surface area contributed by atoms with E-state index in [1.165, 1.54) is 22.8 Å². The first-order valence-corrected chi connectivity index (χ1v) is 5.34. The molecule has 0 radical (unpaired) electrons. The molecule has 18 heavy (non-hydrogen) atoms. The van der Waals surface area contributed by atoms with E-state index in [9.17, 15) is 9.18 Å². The first kappa shape index (κ1) is 10.6. The Morgan fingerprint density at radius 2 is 2.17 bits per heavy atom. The highest BCUT2D eigenvalue weighted by Gasteiger charge is 2.08. The molecule has 0 atom stereocenters. The Bertz CT molecular complexity index is 790. The molecule has 0 saturated carbocycles. The van der Waals surface area contributed by atoms with Crippen LogP contribution in [0.4, 0.5) is 4.39 Å². The minimum Gasteiger partial charge on any atom is -0.297 e. The number of rotatable bonds is 1. The summed E-state index contributed by atoms with van der Waals surface area (Å²) in [4.78, 5) is 19.9. The average molecular weight is 244 g/mol. The fraction of sp³-hybridized carbons (Fsp3) is 0.0833. The number of aryl methyl sites for hydroxylation is 1. The van der Waals surface area contributed by atoms with E-state index in [1.54, 1.807) is 6.20 Å². The highest BCUT2D eigenvalue weighted by molar-refractivity contribution is 5.61. The van der Waals surface area contributed by atoms with Crippen LogP contribution in [0.3, 0.4) is 0 Å². The summed E-state index contributed by atoms with van der Waals surface area (Å²) in [5.74, 6) is -0.458. The van der Waals surface area contributed by atoms with Crippen molar-refractivity contribution in [1.29, 1.82) is 0 Å². The van der Waals surface area contributed by atoms with E-state index in [0.29, 0.717) is 16.9 Å². The van der Waals surface area contributed by atoms with Crippen LogP contribution in [0.5, 0.6) is 0 Å². The fourth-order valence-corrected chi connectivity index (χ4v) is 1.80. The van der Waals surface area contributed by atoms with Crippen molar-refractivity contribution >= 4 is 5.65 Å². The molecule has 5 nitrogen and oxygen atoms in total. The third-order valence-electron chi connectivity index (χ3n) is 2.68. The molecule has 3 aromatic heterocycles. The van der Waals surface area contributed by atoms with E-state index in [0.717, 1.165) is 11.8 Å². The monoisotopic (exact) mass is 244 g/mol. The van der Waals surface area contributed by atoms with Crippen molar-refractivity contribution in [3.8, 4) is 11.3 Å². The van der Waals surface area contributed by atoms with E-state index in [2.05, 4.69) is 15.1 Å². The first-order chi connectivity index (χ1) is 8.65. The summed E-state index contributed by atoms with van der Waals surface area (Å²) in [5, 5.41) is 2.80. The van der Waals surface area contributed by atoms with E-state index in [4.69, 9.17) is 0 Å². The molecule has 90 valence electrons. The van der Waals surface area contributed by atoms with Gasteiger partial charge in [-0.15, -0.1) is 0 Å². The second-order valence-electron chi connectivity index (χ2n) is 3.99. The predicted octanol–water partition coefficient (Wildman–Crippen LogP) is 1.53. The number of pyridine rings is 1. The Morgan fingerprint density at radius 1 is 1.33 bits per heavy atom. The SMILES string of the molecule is Cc1c[nH]n2c(=O)cc(-c3cncc(F)c3)nc12. The molecular weight excluding hydrogens is 235 g/mol. The molecule has 0 bridgehead atoms. The largest absolute Gasteiger partial charge is 0.297 e. The summed E-state index contributed by atoms with van der Waals surface area (Å²) in [6, 6.07) is 2.65. The number of aromatic amines is 1. The lowest BCUT2D eigenvalue weighted by Gasteiger charge is -2.01. The molecule has 3 rings (SSSR count). The fourth-order valence-electron chi connectivity index (χ4n) is 1.80. The molecule has 0 aliphatic carbocycles. The van der Waals surface area contributed by atoms with Gasteiger partial charge in [-0.3, -0.25) is 14.9 Å². The van der Waals surface area contributed by atoms with Crippen LogP contribution in [0.1, 0.15) is 5.56 Å². The van der Waals surface area contributed by atoms with Crippen molar-refractivity contribution in [3.05, 3.63) is 52.5 Å². The summed E-state index contributed by atoms with van der Waals surface area (Å²) in [5.41, 5.74) is 2.03. The molecular formula is C12H9FN4O. The number of halogens is 1. The molecule has 0 unspecified atom stereocenters. The molecule has 0 aromatic carbocycles. The molecule has 1 N–H and O–H groups in total. The van der Waals surface area contributed by atoms with Crippen molar-refractivity contribution in [2.75, 3.05) is 0 Å². The first-order valence-electron chi connectivity index (χ1n) is 5.34. The third-order valence-corrected chi connectivity index (χ3v) is 2.68. The second-order valence-corrected chi connectivity index (χ2v) is 3.99. The Balaban J connectivity index is 2.30. The third kappa shape index (κ3) is 1.58. The Labute approximate surface area is 101 Å². The second kappa shape index (κ2) is 3.76.